The first-order valence-electron chi connectivity index (χ1n) is 10.7. The van der Waals surface area contributed by atoms with Gasteiger partial charge in [0.2, 0.25) is 17.6 Å². The lowest BCUT2D eigenvalue weighted by atomic mass is 9.98. The predicted octanol–water partition coefficient (Wildman–Crippen LogP) is 4.05. The summed E-state index contributed by atoms with van der Waals surface area (Å²) in [5.74, 6) is 2.61. The minimum absolute atomic E-state index is 0.0805. The lowest BCUT2D eigenvalue weighted by Gasteiger charge is -2.30. The van der Waals surface area contributed by atoms with Crippen molar-refractivity contribution in [2.24, 2.45) is 0 Å². The summed E-state index contributed by atoms with van der Waals surface area (Å²) in [5, 5.41) is 4.02. The third kappa shape index (κ3) is 4.87. The van der Waals surface area contributed by atoms with E-state index in [-0.39, 0.29) is 5.91 Å². The lowest BCUT2D eigenvalue weighted by Crippen LogP contribution is -2.36. The first-order valence-corrected chi connectivity index (χ1v) is 10.7. The number of nitrogens with zero attached hydrogens (tertiary/aromatic N) is 3. The molecule has 1 aliphatic rings. The number of benzene rings is 2. The van der Waals surface area contributed by atoms with Crippen molar-refractivity contribution in [3.05, 3.63) is 59.5 Å². The lowest BCUT2D eigenvalue weighted by molar-refractivity contribution is -0.132. The van der Waals surface area contributed by atoms with Crippen LogP contribution in [0.1, 0.15) is 37.3 Å². The van der Waals surface area contributed by atoms with Crippen LogP contribution in [0, 0.1) is 0 Å². The Bertz CT molecular complexity index is 1030. The molecule has 7 nitrogen and oxygen atoms in total. The molecule has 0 atom stereocenters. The van der Waals surface area contributed by atoms with Crippen molar-refractivity contribution in [1.29, 1.82) is 0 Å². The molecule has 0 unspecified atom stereocenters. The van der Waals surface area contributed by atoms with Gasteiger partial charge < -0.3 is 18.9 Å². The molecule has 0 saturated heterocycles. The quantitative estimate of drug-likeness (QED) is 0.546. The summed E-state index contributed by atoms with van der Waals surface area (Å²) in [5.41, 5.74) is 3.21. The molecule has 0 spiro atoms. The molecule has 1 amide bonds. The third-order valence-electron chi connectivity index (χ3n) is 5.28. The number of fused-ring (bicyclic) bond motifs is 1. The van der Waals surface area contributed by atoms with Crippen LogP contribution in [0.2, 0.25) is 0 Å². The topological polar surface area (TPSA) is 77.7 Å². The van der Waals surface area contributed by atoms with E-state index in [2.05, 4.69) is 16.2 Å². The number of hydrogen-bond donors (Lipinski definition) is 0. The van der Waals surface area contributed by atoms with Crippen molar-refractivity contribution in [1.82, 2.24) is 15.0 Å². The second-order valence-corrected chi connectivity index (χ2v) is 7.38. The number of rotatable bonds is 8. The van der Waals surface area contributed by atoms with Crippen molar-refractivity contribution in [2.75, 3.05) is 19.8 Å². The van der Waals surface area contributed by atoms with Crippen LogP contribution < -0.4 is 9.47 Å². The van der Waals surface area contributed by atoms with Crippen LogP contribution in [0.25, 0.3) is 11.4 Å². The summed E-state index contributed by atoms with van der Waals surface area (Å²) in [4.78, 5) is 19.1. The smallest absolute Gasteiger partial charge is 0.227 e. The monoisotopic (exact) mass is 421 g/mol. The van der Waals surface area contributed by atoms with E-state index < -0.39 is 0 Å². The Morgan fingerprint density at radius 1 is 1.06 bits per heavy atom. The van der Waals surface area contributed by atoms with Crippen molar-refractivity contribution in [3.8, 4) is 22.9 Å². The second-order valence-electron chi connectivity index (χ2n) is 7.38. The Morgan fingerprint density at radius 2 is 1.77 bits per heavy atom. The van der Waals surface area contributed by atoms with Crippen LogP contribution in [-0.4, -0.2) is 40.7 Å². The fourth-order valence-corrected chi connectivity index (χ4v) is 3.75. The molecule has 2 aromatic carbocycles. The van der Waals surface area contributed by atoms with Crippen LogP contribution in [0.15, 0.2) is 47.0 Å². The largest absolute Gasteiger partial charge is 0.490 e. The first-order chi connectivity index (χ1) is 15.2. The molecule has 0 aliphatic carbocycles. The van der Waals surface area contributed by atoms with Crippen LogP contribution >= 0.6 is 0 Å². The number of aryl methyl sites for hydroxylation is 1. The summed E-state index contributed by atoms with van der Waals surface area (Å²) in [6.45, 7) is 6.32. The zero-order chi connectivity index (χ0) is 21.6. The van der Waals surface area contributed by atoms with E-state index in [1.165, 1.54) is 5.56 Å². The number of hydrogen-bond acceptors (Lipinski definition) is 6. The molecule has 162 valence electrons. The Hall–Kier alpha value is -3.35. The Labute approximate surface area is 182 Å². The van der Waals surface area contributed by atoms with Gasteiger partial charge in [-0.2, -0.15) is 4.98 Å². The molecule has 0 bridgehead atoms. The van der Waals surface area contributed by atoms with Gasteiger partial charge in [-0.25, -0.2) is 0 Å². The highest BCUT2D eigenvalue weighted by Gasteiger charge is 2.23. The minimum Gasteiger partial charge on any atom is -0.490 e. The van der Waals surface area contributed by atoms with Gasteiger partial charge >= 0.3 is 0 Å². The molecule has 1 aromatic heterocycles. The molecule has 3 aromatic rings. The fraction of sp³-hybridized carbons (Fsp3) is 0.375. The number of amides is 1. The highest BCUT2D eigenvalue weighted by molar-refractivity contribution is 5.76. The Morgan fingerprint density at radius 3 is 2.48 bits per heavy atom. The highest BCUT2D eigenvalue weighted by atomic mass is 16.5. The molecule has 0 N–H and O–H groups in total. The van der Waals surface area contributed by atoms with Gasteiger partial charge in [-0.1, -0.05) is 35.5 Å². The van der Waals surface area contributed by atoms with E-state index >= 15 is 0 Å². The first kappa shape index (κ1) is 20.9. The summed E-state index contributed by atoms with van der Waals surface area (Å²) in [6.07, 6.45) is 1.56. The van der Waals surface area contributed by atoms with E-state index in [4.69, 9.17) is 14.0 Å². The maximum atomic E-state index is 12.8. The van der Waals surface area contributed by atoms with Gasteiger partial charge in [0.1, 0.15) is 0 Å². The number of ether oxygens (including phenoxy) is 2. The predicted molar refractivity (Wildman–Crippen MR) is 116 cm³/mol. The molecule has 7 heteroatoms. The molecule has 0 saturated carbocycles. The Kier molecular flexibility index (Phi) is 6.50. The molecule has 31 heavy (non-hydrogen) atoms. The van der Waals surface area contributed by atoms with Crippen LogP contribution in [0.4, 0.5) is 0 Å². The van der Waals surface area contributed by atoms with Gasteiger partial charge in [-0.3, -0.25) is 4.79 Å². The number of aromatic nitrogens is 2. The summed E-state index contributed by atoms with van der Waals surface area (Å²) in [6, 6.07) is 13.7. The Balaban J connectivity index is 1.39. The van der Waals surface area contributed by atoms with Gasteiger partial charge in [-0.05, 0) is 43.5 Å². The molecule has 4 rings (SSSR count). The zero-order valence-corrected chi connectivity index (χ0v) is 18.0. The van der Waals surface area contributed by atoms with E-state index in [0.717, 1.165) is 29.0 Å². The minimum atomic E-state index is 0.0805. The second kappa shape index (κ2) is 9.64. The molecular weight excluding hydrogens is 394 g/mol. The van der Waals surface area contributed by atoms with Crippen LogP contribution in [0.3, 0.4) is 0 Å². The maximum absolute atomic E-state index is 12.8. The van der Waals surface area contributed by atoms with Gasteiger partial charge in [0.25, 0.3) is 0 Å². The van der Waals surface area contributed by atoms with Gasteiger partial charge in [-0.15, -0.1) is 0 Å². The van der Waals surface area contributed by atoms with E-state index in [1.807, 2.05) is 55.1 Å². The van der Waals surface area contributed by atoms with E-state index in [9.17, 15) is 4.79 Å². The van der Waals surface area contributed by atoms with Crippen molar-refractivity contribution in [3.63, 3.8) is 0 Å². The van der Waals surface area contributed by atoms with Gasteiger partial charge in [0, 0.05) is 31.5 Å². The molecule has 1 aliphatic heterocycles. The SMILES string of the molecule is CCOc1cc2c(cc1OCC)CN(C(=O)CCc1nc(-c3ccccc3)no1)CC2. The molecule has 2 heterocycles. The molecule has 0 radical (unpaired) electrons. The van der Waals surface area contributed by atoms with Crippen LogP contribution in [-0.2, 0) is 24.2 Å². The van der Waals surface area contributed by atoms with Gasteiger partial charge in [0.05, 0.1) is 13.2 Å². The average Bonchev–Trinajstić information content (AvgIpc) is 3.27. The van der Waals surface area contributed by atoms with Crippen molar-refractivity contribution >= 4 is 5.91 Å². The molecule has 0 fully saturated rings. The summed E-state index contributed by atoms with van der Waals surface area (Å²) >= 11 is 0. The van der Waals surface area contributed by atoms with E-state index in [1.54, 1.807) is 0 Å². The molecular formula is C24H27N3O4. The third-order valence-corrected chi connectivity index (χ3v) is 5.28. The van der Waals surface area contributed by atoms with Crippen LogP contribution in [0.5, 0.6) is 11.5 Å². The average molecular weight is 421 g/mol. The highest BCUT2D eigenvalue weighted by Crippen LogP contribution is 2.34. The number of carbonyl (C=O) groups excluding carboxylic acids is 1. The van der Waals surface area contributed by atoms with Gasteiger partial charge in [0.15, 0.2) is 11.5 Å². The summed E-state index contributed by atoms with van der Waals surface area (Å²) in [7, 11) is 0. The standard InChI is InChI=1S/C24H27N3O4/c1-3-29-20-14-18-12-13-27(16-19(18)15-21(20)30-4-2)23(28)11-10-22-25-24(26-31-22)17-8-6-5-7-9-17/h5-9,14-15H,3-4,10-13,16H2,1-2H3. The van der Waals surface area contributed by atoms with Crippen molar-refractivity contribution in [2.45, 2.75) is 39.7 Å². The van der Waals surface area contributed by atoms with E-state index in [0.29, 0.717) is 50.9 Å². The maximum Gasteiger partial charge on any atom is 0.227 e. The fourth-order valence-electron chi connectivity index (χ4n) is 3.75. The number of carbonyl (C=O) groups is 1. The van der Waals surface area contributed by atoms with Crippen molar-refractivity contribution < 1.29 is 18.8 Å². The normalized spacial score (nSPS) is 13.0. The summed E-state index contributed by atoms with van der Waals surface area (Å²) < 4.78 is 16.8. The zero-order valence-electron chi connectivity index (χ0n) is 18.0.